The van der Waals surface area contributed by atoms with Crippen LogP contribution in [0.3, 0.4) is 0 Å². The molecule has 2 rings (SSSR count). The van der Waals surface area contributed by atoms with E-state index in [2.05, 4.69) is 0 Å². The van der Waals surface area contributed by atoms with Gasteiger partial charge in [0.2, 0.25) is 0 Å². The number of thioether (sulfide) groups is 1. The van der Waals surface area contributed by atoms with Crippen LogP contribution < -0.4 is 0 Å². The summed E-state index contributed by atoms with van der Waals surface area (Å²) in [4.78, 5) is 35.6. The highest BCUT2D eigenvalue weighted by molar-refractivity contribution is 8.26. The number of nitro groups is 1. The molecule has 30 heavy (non-hydrogen) atoms. The van der Waals surface area contributed by atoms with Crippen molar-refractivity contribution in [2.24, 2.45) is 0 Å². The Balaban J connectivity index is 1.71. The Labute approximate surface area is 185 Å². The van der Waals surface area contributed by atoms with E-state index in [4.69, 9.17) is 17.3 Å². The van der Waals surface area contributed by atoms with Gasteiger partial charge in [-0.25, -0.2) is 0 Å². The SMILES string of the molecule is O=C(O)CCCCCCCCCCN1C(=O)/C(=C\c2cccc([N+](=O)[O-])c2)SC1=S. The van der Waals surface area contributed by atoms with E-state index in [1.54, 1.807) is 23.1 Å². The molecule has 1 amide bonds. The van der Waals surface area contributed by atoms with Gasteiger partial charge in [-0.3, -0.25) is 24.6 Å². The van der Waals surface area contributed by atoms with Crippen molar-refractivity contribution in [3.8, 4) is 0 Å². The number of unbranched alkanes of at least 4 members (excludes halogenated alkanes) is 7. The minimum atomic E-state index is -0.731. The molecule has 0 spiro atoms. The van der Waals surface area contributed by atoms with Gasteiger partial charge in [-0.1, -0.05) is 74.6 Å². The van der Waals surface area contributed by atoms with Gasteiger partial charge in [0.05, 0.1) is 9.83 Å². The minimum Gasteiger partial charge on any atom is -0.481 e. The van der Waals surface area contributed by atoms with E-state index in [-0.39, 0.29) is 18.0 Å². The topological polar surface area (TPSA) is 101 Å². The molecule has 0 unspecified atom stereocenters. The van der Waals surface area contributed by atoms with E-state index in [0.717, 1.165) is 51.4 Å². The Morgan fingerprint density at radius 1 is 1.13 bits per heavy atom. The number of aliphatic carboxylic acids is 1. The number of carbonyl (C=O) groups excluding carboxylic acids is 1. The van der Waals surface area contributed by atoms with Gasteiger partial charge < -0.3 is 5.11 Å². The second-order valence-corrected chi connectivity index (χ2v) is 8.83. The van der Waals surface area contributed by atoms with Crippen molar-refractivity contribution in [2.75, 3.05) is 6.54 Å². The second-order valence-electron chi connectivity index (χ2n) is 7.16. The van der Waals surface area contributed by atoms with Gasteiger partial charge in [-0.05, 0) is 24.5 Å². The number of benzene rings is 1. The standard InChI is InChI=1S/C21H26N2O5S2/c24-19(25)12-7-5-3-1-2-4-6-8-13-22-20(26)18(30-21(22)29)15-16-10-9-11-17(14-16)23(27)28/h9-11,14-15H,1-8,12-13H2,(H,24,25)/b18-15+. The molecule has 1 aliphatic rings. The summed E-state index contributed by atoms with van der Waals surface area (Å²) in [5, 5.41) is 19.5. The van der Waals surface area contributed by atoms with E-state index >= 15 is 0 Å². The lowest BCUT2D eigenvalue weighted by molar-refractivity contribution is -0.384. The highest BCUT2D eigenvalue weighted by Gasteiger charge is 2.31. The minimum absolute atomic E-state index is 0.0129. The molecule has 0 saturated carbocycles. The molecule has 1 aromatic carbocycles. The smallest absolute Gasteiger partial charge is 0.303 e. The number of nitrogens with zero attached hydrogens (tertiary/aromatic N) is 2. The summed E-state index contributed by atoms with van der Waals surface area (Å²) >= 11 is 6.56. The summed E-state index contributed by atoms with van der Waals surface area (Å²) < 4.78 is 0.523. The number of hydrogen-bond acceptors (Lipinski definition) is 6. The van der Waals surface area contributed by atoms with Gasteiger partial charge in [-0.15, -0.1) is 0 Å². The van der Waals surface area contributed by atoms with Gasteiger partial charge in [-0.2, -0.15) is 0 Å². The fourth-order valence-corrected chi connectivity index (χ4v) is 4.49. The highest BCUT2D eigenvalue weighted by atomic mass is 32.2. The zero-order chi connectivity index (χ0) is 21.9. The van der Waals surface area contributed by atoms with Gasteiger partial charge in [0.25, 0.3) is 11.6 Å². The Morgan fingerprint density at radius 2 is 1.77 bits per heavy atom. The third kappa shape index (κ3) is 7.87. The third-order valence-corrected chi connectivity index (χ3v) is 6.15. The van der Waals surface area contributed by atoms with E-state index in [1.165, 1.54) is 23.9 Å². The van der Waals surface area contributed by atoms with E-state index in [1.807, 2.05) is 0 Å². The van der Waals surface area contributed by atoms with Crippen LogP contribution >= 0.6 is 24.0 Å². The van der Waals surface area contributed by atoms with E-state index in [9.17, 15) is 19.7 Å². The Hall–Kier alpha value is -2.26. The summed E-state index contributed by atoms with van der Waals surface area (Å²) in [5.74, 6) is -0.874. The van der Waals surface area contributed by atoms with Crippen molar-refractivity contribution < 1.29 is 19.6 Å². The molecule has 0 atom stereocenters. The quantitative estimate of drug-likeness (QED) is 0.141. The molecular weight excluding hydrogens is 424 g/mol. The molecule has 0 aromatic heterocycles. The number of carboxylic acids is 1. The molecule has 0 bridgehead atoms. The molecule has 1 saturated heterocycles. The Bertz CT molecular complexity index is 825. The van der Waals surface area contributed by atoms with Crippen LogP contribution in [0.15, 0.2) is 29.2 Å². The molecule has 1 heterocycles. The summed E-state index contributed by atoms with van der Waals surface area (Å²) in [6.45, 7) is 0.579. The lowest BCUT2D eigenvalue weighted by Crippen LogP contribution is -2.29. The van der Waals surface area contributed by atoms with Gasteiger partial charge in [0.15, 0.2) is 0 Å². The third-order valence-electron chi connectivity index (χ3n) is 4.77. The average molecular weight is 451 g/mol. The van der Waals surface area contributed by atoms with Crippen molar-refractivity contribution in [3.63, 3.8) is 0 Å². The summed E-state index contributed by atoms with van der Waals surface area (Å²) in [5.41, 5.74) is 0.592. The molecule has 1 fully saturated rings. The lowest BCUT2D eigenvalue weighted by Gasteiger charge is -2.14. The maximum absolute atomic E-state index is 12.6. The number of thiocarbonyl (C=S) groups is 1. The summed E-state index contributed by atoms with van der Waals surface area (Å²) in [6, 6.07) is 6.17. The fraction of sp³-hybridized carbons (Fsp3) is 0.476. The molecule has 7 nitrogen and oxygen atoms in total. The van der Waals surface area contributed by atoms with Crippen molar-refractivity contribution in [1.82, 2.24) is 4.90 Å². The molecule has 1 aliphatic heterocycles. The summed E-state index contributed by atoms with van der Waals surface area (Å²) in [6.07, 6.45) is 9.83. The molecule has 9 heteroatoms. The van der Waals surface area contributed by atoms with Crippen LogP contribution in [-0.4, -0.2) is 37.7 Å². The number of amides is 1. The fourth-order valence-electron chi connectivity index (χ4n) is 3.18. The molecule has 0 radical (unpaired) electrons. The number of non-ortho nitro benzene ring substituents is 1. The first-order valence-corrected chi connectivity index (χ1v) is 11.3. The number of carboxylic acid groups (broad SMARTS) is 1. The van der Waals surface area contributed by atoms with Gasteiger partial charge >= 0.3 is 5.97 Å². The van der Waals surface area contributed by atoms with Crippen LogP contribution in [0, 0.1) is 10.1 Å². The zero-order valence-corrected chi connectivity index (χ0v) is 18.4. The van der Waals surface area contributed by atoms with E-state index < -0.39 is 10.9 Å². The van der Waals surface area contributed by atoms with Crippen molar-refractivity contribution >= 4 is 51.9 Å². The van der Waals surface area contributed by atoms with Crippen LogP contribution in [-0.2, 0) is 9.59 Å². The predicted octanol–water partition coefficient (Wildman–Crippen LogP) is 5.39. The molecule has 1 aromatic rings. The average Bonchev–Trinajstić information content (AvgIpc) is 2.96. The first-order chi connectivity index (χ1) is 14.4. The van der Waals surface area contributed by atoms with E-state index in [0.29, 0.717) is 21.3 Å². The van der Waals surface area contributed by atoms with Crippen LogP contribution in [0.25, 0.3) is 6.08 Å². The Morgan fingerprint density at radius 3 is 2.40 bits per heavy atom. The van der Waals surface area contributed by atoms with Gasteiger partial charge in [0, 0.05) is 25.1 Å². The molecule has 162 valence electrons. The maximum atomic E-state index is 12.6. The number of nitro benzene ring substituents is 1. The van der Waals surface area contributed by atoms with Crippen molar-refractivity contribution in [2.45, 2.75) is 57.8 Å². The van der Waals surface area contributed by atoms with Crippen LogP contribution in [0.5, 0.6) is 0 Å². The first kappa shape index (κ1) is 24.0. The van der Waals surface area contributed by atoms with Crippen LogP contribution in [0.4, 0.5) is 5.69 Å². The number of hydrogen-bond donors (Lipinski definition) is 1. The summed E-state index contributed by atoms with van der Waals surface area (Å²) in [7, 11) is 0. The number of rotatable bonds is 13. The van der Waals surface area contributed by atoms with Crippen LogP contribution in [0.1, 0.15) is 63.4 Å². The largest absolute Gasteiger partial charge is 0.481 e. The second kappa shape index (κ2) is 12.4. The monoisotopic (exact) mass is 450 g/mol. The highest BCUT2D eigenvalue weighted by Crippen LogP contribution is 2.33. The molecule has 1 N–H and O–H groups in total. The zero-order valence-electron chi connectivity index (χ0n) is 16.7. The maximum Gasteiger partial charge on any atom is 0.303 e. The van der Waals surface area contributed by atoms with Gasteiger partial charge in [0.1, 0.15) is 4.32 Å². The molecular formula is C21H26N2O5S2. The normalized spacial score (nSPS) is 15.2. The van der Waals surface area contributed by atoms with Crippen molar-refractivity contribution in [1.29, 1.82) is 0 Å². The number of carbonyl (C=O) groups is 2. The first-order valence-electron chi connectivity index (χ1n) is 10.1. The Kier molecular flexibility index (Phi) is 9.96. The molecule has 0 aliphatic carbocycles. The van der Waals surface area contributed by atoms with Crippen LogP contribution in [0.2, 0.25) is 0 Å². The van der Waals surface area contributed by atoms with Crippen molar-refractivity contribution in [3.05, 3.63) is 44.8 Å². The lowest BCUT2D eigenvalue weighted by atomic mass is 10.1. The predicted molar refractivity (Wildman–Crippen MR) is 122 cm³/mol.